The quantitative estimate of drug-likeness (QED) is 0.884. The van der Waals surface area contributed by atoms with Crippen molar-refractivity contribution in [2.75, 3.05) is 26.2 Å². The molecule has 1 aliphatic rings. The van der Waals surface area contributed by atoms with Crippen molar-refractivity contribution >= 4 is 11.6 Å². The van der Waals surface area contributed by atoms with Gasteiger partial charge in [-0.2, -0.15) is 0 Å². The lowest BCUT2D eigenvalue weighted by Crippen LogP contribution is -2.45. The van der Waals surface area contributed by atoms with Crippen molar-refractivity contribution in [1.82, 2.24) is 10.2 Å². The standard InChI is InChI=1S/C16H25ClN2/c1-13(2)7-8-16(19-11-9-18-10-12-19)14-5-3-4-6-15(14)17/h3-6,13,16,18H,7-12H2,1-2H3/t16-/m0/s1. The largest absolute Gasteiger partial charge is 0.314 e. The maximum Gasteiger partial charge on any atom is 0.0453 e. The normalized spacial score (nSPS) is 18.7. The summed E-state index contributed by atoms with van der Waals surface area (Å²) in [6.07, 6.45) is 2.45. The maximum atomic E-state index is 6.41. The molecule has 0 bridgehead atoms. The Bertz CT molecular complexity index is 386. The number of hydrogen-bond donors (Lipinski definition) is 1. The van der Waals surface area contributed by atoms with Gasteiger partial charge in [0.15, 0.2) is 0 Å². The zero-order chi connectivity index (χ0) is 13.7. The van der Waals surface area contributed by atoms with Gasteiger partial charge >= 0.3 is 0 Å². The fourth-order valence-corrected chi connectivity index (χ4v) is 3.03. The van der Waals surface area contributed by atoms with Crippen LogP contribution >= 0.6 is 11.6 Å². The minimum Gasteiger partial charge on any atom is -0.314 e. The van der Waals surface area contributed by atoms with E-state index in [-0.39, 0.29) is 0 Å². The highest BCUT2D eigenvalue weighted by Crippen LogP contribution is 2.32. The lowest BCUT2D eigenvalue weighted by Gasteiger charge is -2.36. The van der Waals surface area contributed by atoms with Crippen molar-refractivity contribution < 1.29 is 0 Å². The zero-order valence-corrected chi connectivity index (χ0v) is 12.8. The third kappa shape index (κ3) is 4.20. The first-order chi connectivity index (χ1) is 9.18. The Kier molecular flexibility index (Phi) is 5.68. The number of rotatable bonds is 5. The van der Waals surface area contributed by atoms with Gasteiger partial charge in [-0.25, -0.2) is 0 Å². The van der Waals surface area contributed by atoms with Crippen LogP contribution in [0.4, 0.5) is 0 Å². The van der Waals surface area contributed by atoms with Crippen LogP contribution in [-0.4, -0.2) is 31.1 Å². The van der Waals surface area contributed by atoms with Crippen LogP contribution in [-0.2, 0) is 0 Å². The molecule has 19 heavy (non-hydrogen) atoms. The predicted molar refractivity (Wildman–Crippen MR) is 82.7 cm³/mol. The number of hydrogen-bond acceptors (Lipinski definition) is 2. The van der Waals surface area contributed by atoms with E-state index in [9.17, 15) is 0 Å². The van der Waals surface area contributed by atoms with Crippen LogP contribution in [0.3, 0.4) is 0 Å². The van der Waals surface area contributed by atoms with Gasteiger partial charge < -0.3 is 5.32 Å². The van der Waals surface area contributed by atoms with E-state index in [4.69, 9.17) is 11.6 Å². The van der Waals surface area contributed by atoms with Crippen molar-refractivity contribution in [2.45, 2.75) is 32.7 Å². The van der Waals surface area contributed by atoms with Crippen LogP contribution in [0.2, 0.25) is 5.02 Å². The molecule has 1 atom stereocenters. The van der Waals surface area contributed by atoms with E-state index in [2.05, 4.69) is 36.2 Å². The SMILES string of the molecule is CC(C)CC[C@@H](c1ccccc1Cl)N1CCNCC1. The lowest BCUT2D eigenvalue weighted by molar-refractivity contribution is 0.160. The van der Waals surface area contributed by atoms with Crippen LogP contribution in [0.25, 0.3) is 0 Å². The molecule has 2 rings (SSSR count). The molecule has 0 aromatic heterocycles. The Balaban J connectivity index is 2.15. The topological polar surface area (TPSA) is 15.3 Å². The summed E-state index contributed by atoms with van der Waals surface area (Å²) < 4.78 is 0. The Morgan fingerprint density at radius 2 is 1.84 bits per heavy atom. The molecular formula is C16H25ClN2. The minimum atomic E-state index is 0.471. The van der Waals surface area contributed by atoms with Crippen LogP contribution in [0.1, 0.15) is 38.3 Å². The Hall–Kier alpha value is -0.570. The first-order valence-electron chi connectivity index (χ1n) is 7.37. The van der Waals surface area contributed by atoms with Gasteiger partial charge in [0.2, 0.25) is 0 Å². The average Bonchev–Trinajstić information content (AvgIpc) is 2.42. The van der Waals surface area contributed by atoms with Gasteiger partial charge in [0, 0.05) is 37.2 Å². The van der Waals surface area contributed by atoms with E-state index < -0.39 is 0 Å². The molecule has 3 heteroatoms. The van der Waals surface area contributed by atoms with E-state index >= 15 is 0 Å². The van der Waals surface area contributed by atoms with Gasteiger partial charge in [-0.05, 0) is 30.4 Å². The summed E-state index contributed by atoms with van der Waals surface area (Å²) >= 11 is 6.41. The van der Waals surface area contributed by atoms with Crippen molar-refractivity contribution in [1.29, 1.82) is 0 Å². The summed E-state index contributed by atoms with van der Waals surface area (Å²) in [5.74, 6) is 0.743. The van der Waals surface area contributed by atoms with Gasteiger partial charge in [0.1, 0.15) is 0 Å². The fraction of sp³-hybridized carbons (Fsp3) is 0.625. The molecule has 1 saturated heterocycles. The first-order valence-corrected chi connectivity index (χ1v) is 7.75. The molecular weight excluding hydrogens is 256 g/mol. The molecule has 0 spiro atoms. The van der Waals surface area contributed by atoms with Crippen molar-refractivity contribution in [3.8, 4) is 0 Å². The van der Waals surface area contributed by atoms with Crippen molar-refractivity contribution in [2.24, 2.45) is 5.92 Å². The molecule has 1 fully saturated rings. The molecule has 0 aliphatic carbocycles. The summed E-state index contributed by atoms with van der Waals surface area (Å²) in [6, 6.07) is 8.80. The van der Waals surface area contributed by atoms with Gasteiger partial charge in [-0.15, -0.1) is 0 Å². The summed E-state index contributed by atoms with van der Waals surface area (Å²) in [4.78, 5) is 2.58. The van der Waals surface area contributed by atoms with Gasteiger partial charge in [-0.3, -0.25) is 4.90 Å². The van der Waals surface area contributed by atoms with E-state index in [1.54, 1.807) is 0 Å². The molecule has 0 radical (unpaired) electrons. The minimum absolute atomic E-state index is 0.471. The Morgan fingerprint density at radius 3 is 2.47 bits per heavy atom. The smallest absolute Gasteiger partial charge is 0.0453 e. The van der Waals surface area contributed by atoms with Crippen LogP contribution < -0.4 is 5.32 Å². The molecule has 1 aromatic carbocycles. The predicted octanol–water partition coefficient (Wildman–Crippen LogP) is 3.72. The molecule has 2 nitrogen and oxygen atoms in total. The third-order valence-corrected chi connectivity index (χ3v) is 4.22. The van der Waals surface area contributed by atoms with Crippen LogP contribution in [0.5, 0.6) is 0 Å². The zero-order valence-electron chi connectivity index (χ0n) is 12.0. The molecule has 0 saturated carbocycles. The Morgan fingerprint density at radius 1 is 1.16 bits per heavy atom. The van der Waals surface area contributed by atoms with E-state index in [0.29, 0.717) is 6.04 Å². The third-order valence-electron chi connectivity index (χ3n) is 3.87. The van der Waals surface area contributed by atoms with Crippen molar-refractivity contribution in [3.05, 3.63) is 34.9 Å². The van der Waals surface area contributed by atoms with Crippen molar-refractivity contribution in [3.63, 3.8) is 0 Å². The van der Waals surface area contributed by atoms with Gasteiger partial charge in [-0.1, -0.05) is 43.6 Å². The molecule has 0 amide bonds. The number of benzene rings is 1. The second-order valence-corrected chi connectivity index (χ2v) is 6.20. The average molecular weight is 281 g/mol. The Labute approximate surface area is 122 Å². The second-order valence-electron chi connectivity index (χ2n) is 5.79. The molecule has 1 aliphatic heterocycles. The summed E-state index contributed by atoms with van der Waals surface area (Å²) in [7, 11) is 0. The maximum absolute atomic E-state index is 6.41. The van der Waals surface area contributed by atoms with Gasteiger partial charge in [0.05, 0.1) is 0 Å². The van der Waals surface area contributed by atoms with Crippen LogP contribution in [0.15, 0.2) is 24.3 Å². The molecule has 1 aromatic rings. The first kappa shape index (κ1) is 14.8. The van der Waals surface area contributed by atoms with E-state index in [0.717, 1.165) is 37.1 Å². The number of halogens is 1. The van der Waals surface area contributed by atoms with Gasteiger partial charge in [0.25, 0.3) is 0 Å². The second kappa shape index (κ2) is 7.28. The molecule has 106 valence electrons. The number of nitrogens with one attached hydrogen (secondary N) is 1. The lowest BCUT2D eigenvalue weighted by atomic mass is 9.95. The van der Waals surface area contributed by atoms with E-state index in [1.165, 1.54) is 18.4 Å². The number of nitrogens with zero attached hydrogens (tertiary/aromatic N) is 1. The molecule has 1 heterocycles. The monoisotopic (exact) mass is 280 g/mol. The summed E-state index contributed by atoms with van der Waals surface area (Å²) in [5.41, 5.74) is 1.30. The van der Waals surface area contributed by atoms with E-state index in [1.807, 2.05) is 12.1 Å². The summed E-state index contributed by atoms with van der Waals surface area (Å²) in [6.45, 7) is 9.00. The highest BCUT2D eigenvalue weighted by atomic mass is 35.5. The molecule has 1 N–H and O–H groups in total. The highest BCUT2D eigenvalue weighted by molar-refractivity contribution is 6.31. The highest BCUT2D eigenvalue weighted by Gasteiger charge is 2.23. The van der Waals surface area contributed by atoms with Crippen LogP contribution in [0, 0.1) is 5.92 Å². The summed E-state index contributed by atoms with van der Waals surface area (Å²) in [5, 5.41) is 4.34. The fourth-order valence-electron chi connectivity index (χ4n) is 2.77. The number of piperazine rings is 1. The molecule has 0 unspecified atom stereocenters.